The van der Waals surface area contributed by atoms with E-state index in [0.29, 0.717) is 6.54 Å². The minimum atomic E-state index is 0.180. The van der Waals surface area contributed by atoms with Crippen LogP contribution in [-0.2, 0) is 12.8 Å². The number of fused-ring (bicyclic) bond motifs is 1. The highest BCUT2D eigenvalue weighted by Gasteiger charge is 2.21. The third-order valence-electron chi connectivity index (χ3n) is 3.97. The molecule has 1 aliphatic rings. The minimum Gasteiger partial charge on any atom is -0.485 e. The summed E-state index contributed by atoms with van der Waals surface area (Å²) in [5.74, 6) is 0.986. The van der Waals surface area contributed by atoms with Gasteiger partial charge in [0.25, 0.3) is 0 Å². The number of aryl methyl sites for hydroxylation is 1. The quantitative estimate of drug-likeness (QED) is 0.917. The summed E-state index contributed by atoms with van der Waals surface area (Å²) in [6, 6.07) is 16.9. The molecule has 1 atom stereocenters. The number of benzene rings is 2. The predicted molar refractivity (Wildman–Crippen MR) is 81.9 cm³/mol. The van der Waals surface area contributed by atoms with Crippen molar-refractivity contribution < 1.29 is 4.74 Å². The van der Waals surface area contributed by atoms with Crippen LogP contribution in [0.15, 0.2) is 48.5 Å². The third kappa shape index (κ3) is 2.70. The first-order valence-corrected chi connectivity index (χ1v) is 7.41. The lowest BCUT2D eigenvalue weighted by molar-refractivity contribution is 0.181. The van der Waals surface area contributed by atoms with Crippen molar-refractivity contribution in [3.05, 3.63) is 65.2 Å². The van der Waals surface area contributed by atoms with Gasteiger partial charge in [0.05, 0.1) is 0 Å². The number of rotatable bonds is 4. The van der Waals surface area contributed by atoms with Crippen LogP contribution in [0.2, 0.25) is 0 Å². The van der Waals surface area contributed by atoms with Gasteiger partial charge in [-0.3, -0.25) is 0 Å². The van der Waals surface area contributed by atoms with Crippen molar-refractivity contribution in [3.63, 3.8) is 0 Å². The zero-order chi connectivity index (χ0) is 13.8. The van der Waals surface area contributed by atoms with E-state index in [1.54, 1.807) is 0 Å². The van der Waals surface area contributed by atoms with Gasteiger partial charge in [-0.25, -0.2) is 0 Å². The Hall–Kier alpha value is -1.80. The molecule has 20 heavy (non-hydrogen) atoms. The van der Waals surface area contributed by atoms with Crippen LogP contribution in [0, 0.1) is 0 Å². The van der Waals surface area contributed by atoms with Gasteiger partial charge < -0.3 is 10.5 Å². The molecular weight excluding hydrogens is 246 g/mol. The Balaban J connectivity index is 1.86. The van der Waals surface area contributed by atoms with Gasteiger partial charge in [-0.05, 0) is 55.0 Å². The van der Waals surface area contributed by atoms with Gasteiger partial charge in [-0.15, -0.1) is 0 Å². The molecule has 0 saturated heterocycles. The Morgan fingerprint density at radius 3 is 2.75 bits per heavy atom. The fourth-order valence-corrected chi connectivity index (χ4v) is 2.97. The van der Waals surface area contributed by atoms with Crippen LogP contribution >= 0.6 is 0 Å². The first-order chi connectivity index (χ1) is 9.88. The molecule has 0 spiro atoms. The van der Waals surface area contributed by atoms with Crippen LogP contribution in [-0.4, -0.2) is 6.54 Å². The summed E-state index contributed by atoms with van der Waals surface area (Å²) in [6.07, 6.45) is 4.50. The van der Waals surface area contributed by atoms with E-state index >= 15 is 0 Å². The molecule has 0 fully saturated rings. The van der Waals surface area contributed by atoms with Crippen LogP contribution in [0.5, 0.6) is 5.75 Å². The molecule has 2 N–H and O–H groups in total. The Morgan fingerprint density at radius 1 is 1.05 bits per heavy atom. The highest BCUT2D eigenvalue weighted by atomic mass is 16.5. The molecule has 0 bridgehead atoms. The van der Waals surface area contributed by atoms with Gasteiger partial charge in [0.15, 0.2) is 0 Å². The van der Waals surface area contributed by atoms with Crippen molar-refractivity contribution in [2.45, 2.75) is 31.8 Å². The molecule has 0 saturated carbocycles. The summed E-state index contributed by atoms with van der Waals surface area (Å²) >= 11 is 0. The normalized spacial score (nSPS) is 17.6. The Bertz CT molecular complexity index is 579. The van der Waals surface area contributed by atoms with Crippen LogP contribution < -0.4 is 10.5 Å². The number of ether oxygens (including phenoxy) is 1. The average molecular weight is 267 g/mol. The summed E-state index contributed by atoms with van der Waals surface area (Å²) in [5, 5.41) is 0. The highest BCUT2D eigenvalue weighted by Crippen LogP contribution is 2.34. The molecule has 3 rings (SSSR count). The second-order valence-corrected chi connectivity index (χ2v) is 5.34. The maximum absolute atomic E-state index is 6.31. The van der Waals surface area contributed by atoms with E-state index in [2.05, 4.69) is 36.4 Å². The van der Waals surface area contributed by atoms with E-state index in [0.717, 1.165) is 18.6 Å². The summed E-state index contributed by atoms with van der Waals surface area (Å²) in [5.41, 5.74) is 9.67. The molecule has 104 valence electrons. The lowest BCUT2D eigenvalue weighted by atomic mass is 9.89. The van der Waals surface area contributed by atoms with Gasteiger partial charge in [-0.1, -0.05) is 42.5 Å². The van der Waals surface area contributed by atoms with Crippen molar-refractivity contribution in [2.24, 2.45) is 5.73 Å². The van der Waals surface area contributed by atoms with E-state index in [1.165, 1.54) is 29.5 Å². The summed E-state index contributed by atoms with van der Waals surface area (Å²) in [6.45, 7) is 0.654. The molecule has 0 amide bonds. The highest BCUT2D eigenvalue weighted by molar-refractivity contribution is 5.36. The van der Waals surface area contributed by atoms with Crippen LogP contribution in [0.3, 0.4) is 0 Å². The van der Waals surface area contributed by atoms with Gasteiger partial charge in [0.1, 0.15) is 11.9 Å². The molecular formula is C18H21NO. The van der Waals surface area contributed by atoms with E-state index in [-0.39, 0.29) is 6.10 Å². The minimum absolute atomic E-state index is 0.180. The van der Waals surface area contributed by atoms with Crippen molar-refractivity contribution in [2.75, 3.05) is 6.54 Å². The summed E-state index contributed by atoms with van der Waals surface area (Å²) < 4.78 is 6.31. The first-order valence-electron chi connectivity index (χ1n) is 7.41. The molecule has 1 aliphatic carbocycles. The van der Waals surface area contributed by atoms with Gasteiger partial charge in [0, 0.05) is 0 Å². The SMILES string of the molecule is NCCc1ccccc1OC1CCCc2ccccc21. The monoisotopic (exact) mass is 267 g/mol. The van der Waals surface area contributed by atoms with E-state index < -0.39 is 0 Å². The Kier molecular flexibility index (Phi) is 4.03. The lowest BCUT2D eigenvalue weighted by Crippen LogP contribution is -2.16. The molecule has 2 aromatic rings. The third-order valence-corrected chi connectivity index (χ3v) is 3.97. The zero-order valence-electron chi connectivity index (χ0n) is 11.7. The molecule has 0 radical (unpaired) electrons. The average Bonchev–Trinajstić information content (AvgIpc) is 2.50. The predicted octanol–water partition coefficient (Wildman–Crippen LogP) is 3.64. The van der Waals surface area contributed by atoms with Gasteiger partial charge >= 0.3 is 0 Å². The largest absolute Gasteiger partial charge is 0.485 e. The second-order valence-electron chi connectivity index (χ2n) is 5.34. The molecule has 0 heterocycles. The molecule has 2 heteroatoms. The van der Waals surface area contributed by atoms with E-state index in [1.807, 2.05) is 12.1 Å². The molecule has 0 aliphatic heterocycles. The first kappa shape index (κ1) is 13.2. The standard InChI is InChI=1S/C18H21NO/c19-13-12-15-7-2-4-10-17(15)20-18-11-5-8-14-6-1-3-9-16(14)18/h1-4,6-7,9-10,18H,5,8,11-13,19H2. The van der Waals surface area contributed by atoms with Crippen molar-refractivity contribution in [1.82, 2.24) is 0 Å². The maximum Gasteiger partial charge on any atom is 0.124 e. The lowest BCUT2D eigenvalue weighted by Gasteiger charge is -2.27. The molecule has 2 aromatic carbocycles. The van der Waals surface area contributed by atoms with Crippen LogP contribution in [0.25, 0.3) is 0 Å². The smallest absolute Gasteiger partial charge is 0.124 e. The topological polar surface area (TPSA) is 35.2 Å². The number of para-hydroxylation sites is 1. The van der Waals surface area contributed by atoms with Crippen molar-refractivity contribution in [1.29, 1.82) is 0 Å². The summed E-state index contributed by atoms with van der Waals surface area (Å²) in [4.78, 5) is 0. The fraction of sp³-hybridized carbons (Fsp3) is 0.333. The fourth-order valence-electron chi connectivity index (χ4n) is 2.97. The Labute approximate surface area is 120 Å². The van der Waals surface area contributed by atoms with Crippen molar-refractivity contribution in [3.8, 4) is 5.75 Å². The second kappa shape index (κ2) is 6.10. The van der Waals surface area contributed by atoms with Gasteiger partial charge in [0.2, 0.25) is 0 Å². The molecule has 0 aromatic heterocycles. The molecule has 2 nitrogen and oxygen atoms in total. The summed E-state index contributed by atoms with van der Waals surface area (Å²) in [7, 11) is 0. The number of hydrogen-bond acceptors (Lipinski definition) is 2. The van der Waals surface area contributed by atoms with Crippen LogP contribution in [0.4, 0.5) is 0 Å². The number of hydrogen-bond donors (Lipinski definition) is 1. The molecule has 1 unspecified atom stereocenters. The van der Waals surface area contributed by atoms with Crippen LogP contribution in [0.1, 0.15) is 35.6 Å². The zero-order valence-corrected chi connectivity index (χ0v) is 11.7. The van der Waals surface area contributed by atoms with Gasteiger partial charge in [-0.2, -0.15) is 0 Å². The maximum atomic E-state index is 6.31. The number of nitrogens with two attached hydrogens (primary N) is 1. The van der Waals surface area contributed by atoms with Crippen molar-refractivity contribution >= 4 is 0 Å². The Morgan fingerprint density at radius 2 is 1.85 bits per heavy atom. The van der Waals surface area contributed by atoms with E-state index in [4.69, 9.17) is 10.5 Å². The van der Waals surface area contributed by atoms with E-state index in [9.17, 15) is 0 Å².